The maximum absolute atomic E-state index is 5.35. The van der Waals surface area contributed by atoms with Crippen LogP contribution in [0, 0.1) is 0 Å². The Morgan fingerprint density at radius 3 is 2.58 bits per heavy atom. The highest BCUT2D eigenvalue weighted by Crippen LogP contribution is 2.00. The second kappa shape index (κ2) is 5.12. The van der Waals surface area contributed by atoms with Crippen LogP contribution in [0.25, 0.3) is 0 Å². The standard InChI is InChI=1S/C9H9ClOS/c10-9(12)11-7-6-8-4-2-1-3-5-8/h1-5H,6-7H2. The lowest BCUT2D eigenvalue weighted by Gasteiger charge is -2.01. The van der Waals surface area contributed by atoms with E-state index in [1.54, 1.807) is 0 Å². The van der Waals surface area contributed by atoms with Crippen molar-refractivity contribution in [2.24, 2.45) is 0 Å². The molecule has 0 fully saturated rings. The third-order valence-electron chi connectivity index (χ3n) is 1.45. The van der Waals surface area contributed by atoms with Crippen LogP contribution in [0.15, 0.2) is 30.3 Å². The van der Waals surface area contributed by atoms with Crippen molar-refractivity contribution >= 4 is 28.3 Å². The van der Waals surface area contributed by atoms with Gasteiger partial charge in [-0.15, -0.1) is 0 Å². The van der Waals surface area contributed by atoms with Gasteiger partial charge in [0.25, 0.3) is 4.51 Å². The van der Waals surface area contributed by atoms with Gasteiger partial charge < -0.3 is 4.74 Å². The largest absolute Gasteiger partial charge is 0.475 e. The van der Waals surface area contributed by atoms with E-state index in [1.807, 2.05) is 30.3 Å². The van der Waals surface area contributed by atoms with Crippen molar-refractivity contribution in [3.8, 4) is 0 Å². The first kappa shape index (κ1) is 9.49. The van der Waals surface area contributed by atoms with E-state index in [0.717, 1.165) is 6.42 Å². The summed E-state index contributed by atoms with van der Waals surface area (Å²) in [6, 6.07) is 10.1. The fraction of sp³-hybridized carbons (Fsp3) is 0.222. The van der Waals surface area contributed by atoms with Gasteiger partial charge in [-0.3, -0.25) is 0 Å². The highest BCUT2D eigenvalue weighted by Gasteiger charge is 1.93. The predicted molar refractivity (Wildman–Crippen MR) is 54.5 cm³/mol. The minimum absolute atomic E-state index is 0.0888. The lowest BCUT2D eigenvalue weighted by molar-refractivity contribution is 0.325. The molecule has 0 aliphatic heterocycles. The Balaban J connectivity index is 2.29. The van der Waals surface area contributed by atoms with E-state index in [0.29, 0.717) is 6.61 Å². The normalized spacial score (nSPS) is 9.42. The molecule has 0 bridgehead atoms. The van der Waals surface area contributed by atoms with E-state index in [-0.39, 0.29) is 4.51 Å². The van der Waals surface area contributed by atoms with Crippen LogP contribution in [0.1, 0.15) is 5.56 Å². The smallest absolute Gasteiger partial charge is 0.255 e. The lowest BCUT2D eigenvalue weighted by atomic mass is 10.2. The summed E-state index contributed by atoms with van der Waals surface area (Å²) in [7, 11) is 0. The summed E-state index contributed by atoms with van der Waals surface area (Å²) in [5, 5.41) is 0. The van der Waals surface area contributed by atoms with Gasteiger partial charge in [0.1, 0.15) is 0 Å². The molecule has 12 heavy (non-hydrogen) atoms. The van der Waals surface area contributed by atoms with Crippen LogP contribution in [0.4, 0.5) is 0 Å². The number of thiocarbonyl (C=S) groups is 1. The molecule has 0 N–H and O–H groups in total. The summed E-state index contributed by atoms with van der Waals surface area (Å²) >= 11 is 9.91. The predicted octanol–water partition coefficient (Wildman–Crippen LogP) is 2.77. The van der Waals surface area contributed by atoms with E-state index in [1.165, 1.54) is 5.56 Å². The second-order valence-electron chi connectivity index (χ2n) is 2.32. The van der Waals surface area contributed by atoms with Gasteiger partial charge in [-0.1, -0.05) is 30.3 Å². The number of hydrogen-bond donors (Lipinski definition) is 0. The van der Waals surface area contributed by atoms with Crippen molar-refractivity contribution in [3.63, 3.8) is 0 Å². The number of ether oxygens (including phenoxy) is 1. The molecule has 1 aromatic rings. The Kier molecular flexibility index (Phi) is 4.05. The highest BCUT2D eigenvalue weighted by atomic mass is 35.5. The molecule has 0 aliphatic carbocycles. The Morgan fingerprint density at radius 2 is 2.00 bits per heavy atom. The van der Waals surface area contributed by atoms with E-state index in [4.69, 9.17) is 16.3 Å². The number of halogens is 1. The van der Waals surface area contributed by atoms with Crippen LogP contribution in [-0.2, 0) is 11.2 Å². The summed E-state index contributed by atoms with van der Waals surface area (Å²) in [6.07, 6.45) is 0.841. The van der Waals surface area contributed by atoms with Gasteiger partial charge in [0.15, 0.2) is 0 Å². The first-order valence-corrected chi connectivity index (χ1v) is 4.44. The van der Waals surface area contributed by atoms with Crippen molar-refractivity contribution in [2.45, 2.75) is 6.42 Å². The summed E-state index contributed by atoms with van der Waals surface area (Å²) < 4.78 is 5.03. The molecule has 1 rings (SSSR count). The highest BCUT2D eigenvalue weighted by molar-refractivity contribution is 7.82. The molecule has 0 spiro atoms. The fourth-order valence-corrected chi connectivity index (χ4v) is 1.05. The summed E-state index contributed by atoms with van der Waals surface area (Å²) in [5.74, 6) is 0. The third kappa shape index (κ3) is 3.69. The van der Waals surface area contributed by atoms with Gasteiger partial charge in [-0.2, -0.15) is 0 Å². The molecule has 64 valence electrons. The SMILES string of the molecule is S=C(Cl)OCCc1ccccc1. The second-order valence-corrected chi connectivity index (χ2v) is 3.26. The number of benzene rings is 1. The molecular formula is C9H9ClOS. The molecule has 0 saturated carbocycles. The maximum atomic E-state index is 5.35. The van der Waals surface area contributed by atoms with Crippen LogP contribution < -0.4 is 0 Å². The Bertz CT molecular complexity index is 248. The topological polar surface area (TPSA) is 9.23 Å². The molecule has 3 heteroatoms. The van der Waals surface area contributed by atoms with Gasteiger partial charge in [0.05, 0.1) is 6.61 Å². The number of rotatable bonds is 3. The van der Waals surface area contributed by atoms with Gasteiger partial charge in [0, 0.05) is 6.42 Å². The average Bonchev–Trinajstić information content (AvgIpc) is 2.05. The first-order chi connectivity index (χ1) is 5.79. The zero-order chi connectivity index (χ0) is 8.81. The van der Waals surface area contributed by atoms with Crippen LogP contribution in [0.3, 0.4) is 0 Å². The molecule has 0 aliphatic rings. The Morgan fingerprint density at radius 1 is 1.33 bits per heavy atom. The average molecular weight is 201 g/mol. The first-order valence-electron chi connectivity index (χ1n) is 3.65. The number of hydrogen-bond acceptors (Lipinski definition) is 2. The van der Waals surface area contributed by atoms with Crippen LogP contribution in [-0.4, -0.2) is 11.1 Å². The third-order valence-corrected chi connectivity index (χ3v) is 1.68. The molecule has 0 amide bonds. The molecule has 0 radical (unpaired) electrons. The van der Waals surface area contributed by atoms with Gasteiger partial charge in [-0.25, -0.2) is 0 Å². The van der Waals surface area contributed by atoms with Crippen molar-refractivity contribution in [3.05, 3.63) is 35.9 Å². The van der Waals surface area contributed by atoms with E-state index in [2.05, 4.69) is 12.2 Å². The zero-order valence-corrected chi connectivity index (χ0v) is 8.07. The van der Waals surface area contributed by atoms with E-state index >= 15 is 0 Å². The Labute approximate surface area is 82.3 Å². The maximum Gasteiger partial charge on any atom is 0.255 e. The summed E-state index contributed by atoms with van der Waals surface area (Å²) in [4.78, 5) is 0. The molecule has 0 aromatic heterocycles. The minimum Gasteiger partial charge on any atom is -0.475 e. The minimum atomic E-state index is 0.0888. The quantitative estimate of drug-likeness (QED) is 0.548. The zero-order valence-electron chi connectivity index (χ0n) is 6.50. The molecule has 1 nitrogen and oxygen atoms in total. The van der Waals surface area contributed by atoms with Crippen molar-refractivity contribution in [2.75, 3.05) is 6.61 Å². The Hall–Kier alpha value is -0.600. The van der Waals surface area contributed by atoms with Crippen molar-refractivity contribution in [1.82, 2.24) is 0 Å². The van der Waals surface area contributed by atoms with Gasteiger partial charge >= 0.3 is 0 Å². The van der Waals surface area contributed by atoms with E-state index in [9.17, 15) is 0 Å². The van der Waals surface area contributed by atoms with Gasteiger partial charge in [-0.05, 0) is 29.4 Å². The van der Waals surface area contributed by atoms with Crippen LogP contribution in [0.2, 0.25) is 0 Å². The van der Waals surface area contributed by atoms with Crippen molar-refractivity contribution < 1.29 is 4.74 Å². The van der Waals surface area contributed by atoms with Gasteiger partial charge in [0.2, 0.25) is 0 Å². The van der Waals surface area contributed by atoms with Crippen LogP contribution in [0.5, 0.6) is 0 Å². The molecular weight excluding hydrogens is 192 g/mol. The monoisotopic (exact) mass is 200 g/mol. The molecule has 0 heterocycles. The molecule has 0 saturated heterocycles. The summed E-state index contributed by atoms with van der Waals surface area (Å²) in [6.45, 7) is 0.548. The lowest BCUT2D eigenvalue weighted by Crippen LogP contribution is -1.99. The molecule has 1 aromatic carbocycles. The van der Waals surface area contributed by atoms with Crippen LogP contribution >= 0.6 is 23.8 Å². The van der Waals surface area contributed by atoms with E-state index < -0.39 is 0 Å². The van der Waals surface area contributed by atoms with Crippen molar-refractivity contribution in [1.29, 1.82) is 0 Å². The summed E-state index contributed by atoms with van der Waals surface area (Å²) in [5.41, 5.74) is 1.23. The molecule has 0 atom stereocenters. The molecule has 0 unspecified atom stereocenters. The fourth-order valence-electron chi connectivity index (χ4n) is 0.894.